The van der Waals surface area contributed by atoms with E-state index in [9.17, 15) is 0 Å². The van der Waals surface area contributed by atoms with E-state index in [4.69, 9.17) is 10.5 Å². The molecular formula is C15H24N2O. The average Bonchev–Trinajstić information content (AvgIpc) is 3.10. The second-order valence-corrected chi connectivity index (χ2v) is 5.78. The van der Waals surface area contributed by atoms with Crippen LogP contribution in [-0.4, -0.2) is 17.8 Å². The lowest BCUT2D eigenvalue weighted by molar-refractivity contribution is 0.119. The van der Waals surface area contributed by atoms with Crippen molar-refractivity contribution in [3.63, 3.8) is 0 Å². The molecule has 1 saturated carbocycles. The molecule has 1 atom stereocenters. The number of nitrogens with zero attached hydrogens (tertiary/aromatic N) is 1. The van der Waals surface area contributed by atoms with Crippen LogP contribution < -0.4 is 5.73 Å². The number of ether oxygens (including phenoxy) is 1. The molecule has 3 heteroatoms. The summed E-state index contributed by atoms with van der Waals surface area (Å²) in [5.74, 6) is 0.877. The van der Waals surface area contributed by atoms with Crippen molar-refractivity contribution in [1.82, 2.24) is 4.57 Å². The van der Waals surface area contributed by atoms with Crippen molar-refractivity contribution in [2.24, 2.45) is 11.7 Å². The van der Waals surface area contributed by atoms with Gasteiger partial charge in [-0.15, -0.1) is 0 Å². The van der Waals surface area contributed by atoms with Crippen LogP contribution in [0, 0.1) is 5.92 Å². The Morgan fingerprint density at radius 1 is 1.33 bits per heavy atom. The summed E-state index contributed by atoms with van der Waals surface area (Å²) >= 11 is 0. The normalized spacial score (nSPS) is 23.1. The molecule has 0 amide bonds. The molecule has 0 aliphatic heterocycles. The van der Waals surface area contributed by atoms with Gasteiger partial charge < -0.3 is 15.0 Å². The number of nitrogens with two attached hydrogens (primary N) is 1. The van der Waals surface area contributed by atoms with Gasteiger partial charge in [-0.05, 0) is 56.1 Å². The van der Waals surface area contributed by atoms with Gasteiger partial charge in [-0.25, -0.2) is 0 Å². The maximum Gasteiger partial charge on any atom is 0.0494 e. The highest BCUT2D eigenvalue weighted by atomic mass is 16.5. The SMILES string of the molecule is NC1CCCc2c1ccn2CCCOCC1CC1. The first-order valence-electron chi connectivity index (χ1n) is 7.36. The fraction of sp³-hybridized carbons (Fsp3) is 0.733. The Morgan fingerprint density at radius 3 is 3.06 bits per heavy atom. The molecule has 18 heavy (non-hydrogen) atoms. The van der Waals surface area contributed by atoms with Crippen molar-refractivity contribution in [1.29, 1.82) is 0 Å². The minimum atomic E-state index is 0.265. The van der Waals surface area contributed by atoms with Crippen LogP contribution in [0.2, 0.25) is 0 Å². The number of aryl methyl sites for hydroxylation is 1. The van der Waals surface area contributed by atoms with Crippen molar-refractivity contribution < 1.29 is 4.74 Å². The largest absolute Gasteiger partial charge is 0.381 e. The molecule has 0 saturated heterocycles. The standard InChI is InChI=1S/C15H24N2O/c16-14-3-1-4-15-13(14)7-9-17(15)8-2-10-18-11-12-5-6-12/h7,9,12,14H,1-6,8,10-11,16H2. The summed E-state index contributed by atoms with van der Waals surface area (Å²) in [7, 11) is 0. The molecule has 0 aromatic carbocycles. The van der Waals surface area contributed by atoms with E-state index in [0.717, 1.165) is 38.5 Å². The highest BCUT2D eigenvalue weighted by Crippen LogP contribution is 2.29. The third kappa shape index (κ3) is 2.78. The third-order valence-electron chi connectivity index (χ3n) is 4.18. The van der Waals surface area contributed by atoms with Gasteiger partial charge in [0.1, 0.15) is 0 Å². The van der Waals surface area contributed by atoms with E-state index in [1.54, 1.807) is 0 Å². The molecule has 1 unspecified atom stereocenters. The van der Waals surface area contributed by atoms with Gasteiger partial charge in [-0.3, -0.25) is 0 Å². The van der Waals surface area contributed by atoms with Gasteiger partial charge in [0.15, 0.2) is 0 Å². The molecule has 0 spiro atoms. The fourth-order valence-electron chi connectivity index (χ4n) is 2.87. The highest BCUT2D eigenvalue weighted by molar-refractivity contribution is 5.28. The zero-order chi connectivity index (χ0) is 12.4. The Balaban J connectivity index is 1.47. The van der Waals surface area contributed by atoms with E-state index in [1.165, 1.54) is 36.9 Å². The molecule has 0 bridgehead atoms. The quantitative estimate of drug-likeness (QED) is 0.786. The molecule has 3 nitrogen and oxygen atoms in total. The molecule has 2 N–H and O–H groups in total. The lowest BCUT2D eigenvalue weighted by Gasteiger charge is -2.21. The predicted octanol–water partition coefficient (Wildman–Crippen LogP) is 2.64. The van der Waals surface area contributed by atoms with Crippen molar-refractivity contribution in [3.05, 3.63) is 23.5 Å². The van der Waals surface area contributed by atoms with Gasteiger partial charge in [0, 0.05) is 37.7 Å². The monoisotopic (exact) mass is 248 g/mol. The molecule has 3 rings (SSSR count). The van der Waals surface area contributed by atoms with Gasteiger partial charge >= 0.3 is 0 Å². The zero-order valence-electron chi connectivity index (χ0n) is 11.1. The molecule has 1 fully saturated rings. The van der Waals surface area contributed by atoms with Gasteiger partial charge in [-0.2, -0.15) is 0 Å². The zero-order valence-corrected chi connectivity index (χ0v) is 11.1. The molecule has 0 radical (unpaired) electrons. The maximum absolute atomic E-state index is 6.14. The third-order valence-corrected chi connectivity index (χ3v) is 4.18. The molecule has 1 heterocycles. The Kier molecular flexibility index (Phi) is 3.71. The van der Waals surface area contributed by atoms with E-state index in [2.05, 4.69) is 16.8 Å². The van der Waals surface area contributed by atoms with Crippen LogP contribution in [0.1, 0.15) is 49.4 Å². The van der Waals surface area contributed by atoms with Gasteiger partial charge in [-0.1, -0.05) is 0 Å². The van der Waals surface area contributed by atoms with Crippen LogP contribution in [0.5, 0.6) is 0 Å². The van der Waals surface area contributed by atoms with Crippen molar-refractivity contribution in [3.8, 4) is 0 Å². The van der Waals surface area contributed by atoms with Crippen LogP contribution in [0.25, 0.3) is 0 Å². The maximum atomic E-state index is 6.14. The number of hydrogen-bond donors (Lipinski definition) is 1. The lowest BCUT2D eigenvalue weighted by Crippen LogP contribution is -2.18. The molecule has 1 aromatic heterocycles. The molecule has 2 aliphatic rings. The summed E-state index contributed by atoms with van der Waals surface area (Å²) < 4.78 is 8.07. The minimum Gasteiger partial charge on any atom is -0.381 e. The summed E-state index contributed by atoms with van der Waals surface area (Å²) in [4.78, 5) is 0. The van der Waals surface area contributed by atoms with E-state index in [0.29, 0.717) is 0 Å². The van der Waals surface area contributed by atoms with Gasteiger partial charge in [0.05, 0.1) is 0 Å². The summed E-state index contributed by atoms with van der Waals surface area (Å²) in [6.45, 7) is 2.96. The number of rotatable bonds is 6. The minimum absolute atomic E-state index is 0.265. The van der Waals surface area contributed by atoms with Gasteiger partial charge in [0.2, 0.25) is 0 Å². The summed E-state index contributed by atoms with van der Waals surface area (Å²) in [6, 6.07) is 2.48. The van der Waals surface area contributed by atoms with Gasteiger partial charge in [0.25, 0.3) is 0 Å². The average molecular weight is 248 g/mol. The topological polar surface area (TPSA) is 40.2 Å². The summed E-state index contributed by atoms with van der Waals surface area (Å²) in [5.41, 5.74) is 8.98. The number of aromatic nitrogens is 1. The van der Waals surface area contributed by atoms with Crippen molar-refractivity contribution >= 4 is 0 Å². The second kappa shape index (κ2) is 5.45. The number of hydrogen-bond acceptors (Lipinski definition) is 2. The fourth-order valence-corrected chi connectivity index (χ4v) is 2.87. The summed E-state index contributed by atoms with van der Waals surface area (Å²) in [5, 5.41) is 0. The smallest absolute Gasteiger partial charge is 0.0494 e. The molecule has 2 aliphatic carbocycles. The Hall–Kier alpha value is -0.800. The second-order valence-electron chi connectivity index (χ2n) is 5.78. The Labute approximate surface area is 109 Å². The van der Waals surface area contributed by atoms with E-state index in [-0.39, 0.29) is 6.04 Å². The van der Waals surface area contributed by atoms with Crippen LogP contribution in [0.4, 0.5) is 0 Å². The van der Waals surface area contributed by atoms with Crippen LogP contribution in [-0.2, 0) is 17.7 Å². The van der Waals surface area contributed by atoms with Crippen LogP contribution in [0.3, 0.4) is 0 Å². The lowest BCUT2D eigenvalue weighted by atomic mass is 9.94. The Bertz CT molecular complexity index is 395. The first-order chi connectivity index (χ1) is 8.84. The molecule has 100 valence electrons. The molecular weight excluding hydrogens is 224 g/mol. The van der Waals surface area contributed by atoms with E-state index in [1.807, 2.05) is 0 Å². The number of fused-ring (bicyclic) bond motifs is 1. The molecule has 1 aromatic rings. The van der Waals surface area contributed by atoms with Crippen molar-refractivity contribution in [2.45, 2.75) is 51.1 Å². The first-order valence-corrected chi connectivity index (χ1v) is 7.36. The predicted molar refractivity (Wildman–Crippen MR) is 72.5 cm³/mol. The summed E-state index contributed by atoms with van der Waals surface area (Å²) in [6.07, 6.45) is 9.64. The first kappa shape index (κ1) is 12.2. The van der Waals surface area contributed by atoms with E-state index >= 15 is 0 Å². The highest BCUT2D eigenvalue weighted by Gasteiger charge is 2.21. The van der Waals surface area contributed by atoms with Crippen molar-refractivity contribution in [2.75, 3.05) is 13.2 Å². The van der Waals surface area contributed by atoms with Crippen LogP contribution >= 0.6 is 0 Å². The Morgan fingerprint density at radius 2 is 2.22 bits per heavy atom. The van der Waals surface area contributed by atoms with Crippen LogP contribution in [0.15, 0.2) is 12.3 Å². The van der Waals surface area contributed by atoms with E-state index < -0.39 is 0 Å².